The molecule has 1 aliphatic heterocycles. The van der Waals surface area contributed by atoms with Gasteiger partial charge in [0.2, 0.25) is 5.91 Å². The molecule has 0 spiro atoms. The molecule has 1 N–H and O–H groups in total. The van der Waals surface area contributed by atoms with Crippen molar-refractivity contribution in [3.63, 3.8) is 0 Å². The van der Waals surface area contributed by atoms with Crippen LogP contribution in [0.15, 0.2) is 48.5 Å². The molecular formula is C21H21FN2O4. The number of nitrogens with zero attached hydrogens (tertiary/aromatic N) is 1. The average Bonchev–Trinajstić information content (AvgIpc) is 3.01. The highest BCUT2D eigenvalue weighted by Gasteiger charge is 2.33. The first-order valence-electron chi connectivity index (χ1n) is 9.00. The molecule has 2 aromatic carbocycles. The van der Waals surface area contributed by atoms with Crippen LogP contribution in [0, 0.1) is 12.7 Å². The van der Waals surface area contributed by atoms with Crippen LogP contribution in [0.5, 0.6) is 0 Å². The number of hydrogen-bond donors (Lipinski definition) is 1. The number of aryl methyl sites for hydroxylation is 2. The van der Waals surface area contributed by atoms with E-state index in [1.807, 2.05) is 30.3 Å². The van der Waals surface area contributed by atoms with Gasteiger partial charge in [-0.1, -0.05) is 42.5 Å². The Morgan fingerprint density at radius 3 is 2.61 bits per heavy atom. The van der Waals surface area contributed by atoms with Crippen molar-refractivity contribution in [2.24, 2.45) is 0 Å². The summed E-state index contributed by atoms with van der Waals surface area (Å²) in [6.07, 6.45) is -0.172. The van der Waals surface area contributed by atoms with E-state index in [2.05, 4.69) is 5.32 Å². The van der Waals surface area contributed by atoms with E-state index in [-0.39, 0.29) is 31.3 Å². The van der Waals surface area contributed by atoms with Crippen LogP contribution in [0.1, 0.15) is 29.2 Å². The molecule has 0 aromatic heterocycles. The van der Waals surface area contributed by atoms with Gasteiger partial charge < -0.3 is 10.1 Å². The number of hydrogen-bond acceptors (Lipinski definition) is 4. The van der Waals surface area contributed by atoms with E-state index in [9.17, 15) is 18.8 Å². The fourth-order valence-electron chi connectivity index (χ4n) is 2.98. The Morgan fingerprint density at radius 2 is 1.96 bits per heavy atom. The van der Waals surface area contributed by atoms with Gasteiger partial charge in [0.15, 0.2) is 6.61 Å². The minimum absolute atomic E-state index is 0.00736. The van der Waals surface area contributed by atoms with Crippen LogP contribution in [-0.2, 0) is 20.7 Å². The van der Waals surface area contributed by atoms with Crippen LogP contribution in [-0.4, -0.2) is 36.0 Å². The van der Waals surface area contributed by atoms with Crippen LogP contribution >= 0.6 is 0 Å². The predicted octanol–water partition coefficient (Wildman–Crippen LogP) is 2.90. The number of rotatable bonds is 7. The quantitative estimate of drug-likeness (QED) is 0.796. The van der Waals surface area contributed by atoms with Gasteiger partial charge in [0.1, 0.15) is 5.82 Å². The largest absolute Gasteiger partial charge is 0.439 e. The van der Waals surface area contributed by atoms with Crippen LogP contribution < -0.4 is 5.32 Å². The molecule has 0 saturated carbocycles. The molecular weight excluding hydrogens is 363 g/mol. The molecule has 0 radical (unpaired) electrons. The second kappa shape index (κ2) is 8.65. The Morgan fingerprint density at radius 1 is 1.21 bits per heavy atom. The molecule has 3 rings (SSSR count). The van der Waals surface area contributed by atoms with Crippen LogP contribution in [0.25, 0.3) is 0 Å². The Hall–Kier alpha value is -3.22. The van der Waals surface area contributed by atoms with Gasteiger partial charge in [0, 0.05) is 6.42 Å². The lowest BCUT2D eigenvalue weighted by molar-refractivity contribution is -0.127. The summed E-state index contributed by atoms with van der Waals surface area (Å²) in [6.45, 7) is 1.39. The highest BCUT2D eigenvalue weighted by atomic mass is 19.1. The van der Waals surface area contributed by atoms with Gasteiger partial charge in [-0.15, -0.1) is 0 Å². The first kappa shape index (κ1) is 19.5. The van der Waals surface area contributed by atoms with Gasteiger partial charge in [-0.25, -0.2) is 14.1 Å². The highest BCUT2D eigenvalue weighted by Crippen LogP contribution is 2.18. The third kappa shape index (κ3) is 4.73. The zero-order chi connectivity index (χ0) is 20.1. The van der Waals surface area contributed by atoms with E-state index in [0.717, 1.165) is 16.0 Å². The zero-order valence-corrected chi connectivity index (χ0v) is 15.5. The molecule has 7 heteroatoms. The van der Waals surface area contributed by atoms with Crippen molar-refractivity contribution in [3.8, 4) is 0 Å². The summed E-state index contributed by atoms with van der Waals surface area (Å²) in [5, 5.41) is 2.86. The number of imide groups is 1. The van der Waals surface area contributed by atoms with E-state index < -0.39 is 18.0 Å². The summed E-state index contributed by atoms with van der Waals surface area (Å²) in [7, 11) is 0. The van der Waals surface area contributed by atoms with E-state index in [0.29, 0.717) is 12.0 Å². The number of benzene rings is 2. The van der Waals surface area contributed by atoms with Crippen molar-refractivity contribution in [1.82, 2.24) is 10.2 Å². The van der Waals surface area contributed by atoms with Crippen molar-refractivity contribution in [1.29, 1.82) is 0 Å². The molecule has 1 heterocycles. The lowest BCUT2D eigenvalue weighted by Gasteiger charge is -2.23. The first-order valence-corrected chi connectivity index (χ1v) is 9.00. The summed E-state index contributed by atoms with van der Waals surface area (Å²) in [5.41, 5.74) is 2.05. The third-order valence-electron chi connectivity index (χ3n) is 4.62. The highest BCUT2D eigenvalue weighted by molar-refractivity contribution is 5.97. The zero-order valence-electron chi connectivity index (χ0n) is 15.5. The summed E-state index contributed by atoms with van der Waals surface area (Å²) in [4.78, 5) is 37.0. The normalized spacial score (nSPS) is 14.7. The maximum absolute atomic E-state index is 13.7. The number of carbonyl (C=O) groups is 3. The molecule has 28 heavy (non-hydrogen) atoms. The lowest BCUT2D eigenvalue weighted by atomic mass is 10.0. The molecule has 0 aliphatic carbocycles. The first-order chi connectivity index (χ1) is 13.4. The summed E-state index contributed by atoms with van der Waals surface area (Å²) in [6, 6.07) is 13.4. The topological polar surface area (TPSA) is 75.7 Å². The second-order valence-electron chi connectivity index (χ2n) is 6.67. The second-order valence-corrected chi connectivity index (χ2v) is 6.67. The van der Waals surface area contributed by atoms with Gasteiger partial charge in [0.25, 0.3) is 5.91 Å². The maximum Gasteiger partial charge on any atom is 0.417 e. The van der Waals surface area contributed by atoms with Crippen molar-refractivity contribution >= 4 is 17.9 Å². The number of ether oxygens (including phenoxy) is 1. The van der Waals surface area contributed by atoms with Gasteiger partial charge in [-0.3, -0.25) is 9.59 Å². The molecule has 1 aliphatic rings. The predicted molar refractivity (Wildman–Crippen MR) is 99.8 cm³/mol. The smallest absolute Gasteiger partial charge is 0.417 e. The van der Waals surface area contributed by atoms with E-state index in [1.54, 1.807) is 19.1 Å². The maximum atomic E-state index is 13.7. The summed E-state index contributed by atoms with van der Waals surface area (Å²) in [5.74, 6) is -0.990. The number of halogens is 1. The fraction of sp³-hybridized carbons (Fsp3) is 0.286. The van der Waals surface area contributed by atoms with Crippen molar-refractivity contribution in [2.45, 2.75) is 25.8 Å². The molecule has 1 fully saturated rings. The third-order valence-corrected chi connectivity index (χ3v) is 4.62. The van der Waals surface area contributed by atoms with E-state index >= 15 is 0 Å². The minimum Gasteiger partial charge on any atom is -0.439 e. The Labute approximate surface area is 162 Å². The van der Waals surface area contributed by atoms with Gasteiger partial charge in [-0.2, -0.15) is 0 Å². The monoisotopic (exact) mass is 384 g/mol. The molecule has 146 valence electrons. The van der Waals surface area contributed by atoms with Crippen molar-refractivity contribution in [3.05, 3.63) is 71.0 Å². The van der Waals surface area contributed by atoms with Crippen LogP contribution in [0.3, 0.4) is 0 Å². The fourth-order valence-corrected chi connectivity index (χ4v) is 2.98. The average molecular weight is 384 g/mol. The molecule has 3 amide bonds. The Kier molecular flexibility index (Phi) is 6.03. The molecule has 1 atom stereocenters. The summed E-state index contributed by atoms with van der Waals surface area (Å²) >= 11 is 0. The molecule has 2 aromatic rings. The standard InChI is InChI=1S/C21H21FN2O4/c1-14-7-8-15(11-17(14)22)9-10-19(25)23-18(16-5-3-2-4-6-16)12-24-20(26)13-28-21(24)27/h2-8,11,18H,9-10,12-13H2,1H3,(H,23,25)/t18-/m1/s1. The van der Waals surface area contributed by atoms with Gasteiger partial charge in [-0.05, 0) is 36.1 Å². The summed E-state index contributed by atoms with van der Waals surface area (Å²) < 4.78 is 18.4. The van der Waals surface area contributed by atoms with E-state index in [4.69, 9.17) is 4.74 Å². The number of cyclic esters (lactones) is 1. The van der Waals surface area contributed by atoms with Crippen molar-refractivity contribution in [2.75, 3.05) is 13.2 Å². The Balaban J connectivity index is 1.66. The number of carbonyl (C=O) groups excluding carboxylic acids is 3. The number of nitrogens with one attached hydrogen (secondary N) is 1. The van der Waals surface area contributed by atoms with Crippen molar-refractivity contribution < 1.29 is 23.5 Å². The lowest BCUT2D eigenvalue weighted by Crippen LogP contribution is -2.40. The molecule has 1 saturated heterocycles. The Bertz CT molecular complexity index is 869. The SMILES string of the molecule is Cc1ccc(CCC(=O)N[C@H](CN2C(=O)COC2=O)c2ccccc2)cc1F. The molecule has 0 unspecified atom stereocenters. The van der Waals surface area contributed by atoms with Gasteiger partial charge in [0.05, 0.1) is 12.6 Å². The minimum atomic E-state index is -0.713. The van der Waals surface area contributed by atoms with Crippen LogP contribution in [0.4, 0.5) is 9.18 Å². The van der Waals surface area contributed by atoms with Crippen LogP contribution in [0.2, 0.25) is 0 Å². The molecule has 0 bridgehead atoms. The molecule has 6 nitrogen and oxygen atoms in total. The van der Waals surface area contributed by atoms with E-state index in [1.165, 1.54) is 6.07 Å². The number of amides is 3. The van der Waals surface area contributed by atoms with Gasteiger partial charge >= 0.3 is 6.09 Å².